The van der Waals surface area contributed by atoms with Crippen LogP contribution >= 0.6 is 11.6 Å². The van der Waals surface area contributed by atoms with Gasteiger partial charge in [-0.25, -0.2) is 0 Å². The Balaban J connectivity index is 2.79. The molecule has 2 aromatic rings. The summed E-state index contributed by atoms with van der Waals surface area (Å²) in [5.74, 6) is 0.456. The summed E-state index contributed by atoms with van der Waals surface area (Å²) in [6.07, 6.45) is 1.58. The van der Waals surface area contributed by atoms with Gasteiger partial charge in [-0.2, -0.15) is 5.10 Å². The molecule has 1 heterocycles. The van der Waals surface area contributed by atoms with E-state index in [4.69, 9.17) is 17.3 Å². The quantitative estimate of drug-likeness (QED) is 0.714. The van der Waals surface area contributed by atoms with Crippen molar-refractivity contribution in [3.05, 3.63) is 28.4 Å². The molecule has 4 N–H and O–H groups in total. The number of nitrogen functional groups attached to an aromatic ring is 1. The molecular formula is C11H12ClN3O. The summed E-state index contributed by atoms with van der Waals surface area (Å²) >= 11 is 5.94. The van der Waals surface area contributed by atoms with Crippen LogP contribution in [0.4, 0.5) is 5.82 Å². The van der Waals surface area contributed by atoms with Crippen molar-refractivity contribution in [1.29, 1.82) is 0 Å². The fourth-order valence-electron chi connectivity index (χ4n) is 1.69. The van der Waals surface area contributed by atoms with Gasteiger partial charge in [0.1, 0.15) is 11.6 Å². The van der Waals surface area contributed by atoms with Gasteiger partial charge < -0.3 is 10.8 Å². The van der Waals surface area contributed by atoms with Crippen molar-refractivity contribution in [3.63, 3.8) is 0 Å². The number of nitrogens with two attached hydrogens (primary N) is 1. The Morgan fingerprint density at radius 3 is 2.69 bits per heavy atom. The molecule has 0 radical (unpaired) electrons. The summed E-state index contributed by atoms with van der Waals surface area (Å²) in [4.78, 5) is 0. The first kappa shape index (κ1) is 10.8. The van der Waals surface area contributed by atoms with E-state index in [-0.39, 0.29) is 5.75 Å². The van der Waals surface area contributed by atoms with Crippen LogP contribution in [0.25, 0.3) is 11.1 Å². The molecular weight excluding hydrogens is 226 g/mol. The van der Waals surface area contributed by atoms with Crippen LogP contribution in [0, 0.1) is 13.8 Å². The average Bonchev–Trinajstić information content (AvgIpc) is 2.63. The Hall–Kier alpha value is -1.68. The molecule has 0 aliphatic rings. The maximum atomic E-state index is 9.97. The van der Waals surface area contributed by atoms with Gasteiger partial charge in [0.2, 0.25) is 0 Å². The number of hydrogen-bond donors (Lipinski definition) is 3. The van der Waals surface area contributed by atoms with Crippen molar-refractivity contribution in [2.75, 3.05) is 5.73 Å². The highest BCUT2D eigenvalue weighted by Crippen LogP contribution is 2.40. The van der Waals surface area contributed by atoms with E-state index in [0.717, 1.165) is 11.1 Å². The second-order valence-electron chi connectivity index (χ2n) is 3.72. The van der Waals surface area contributed by atoms with Crippen LogP contribution in [0.5, 0.6) is 5.75 Å². The summed E-state index contributed by atoms with van der Waals surface area (Å²) in [5.41, 5.74) is 8.98. The molecule has 1 aromatic carbocycles. The van der Waals surface area contributed by atoms with Crippen molar-refractivity contribution >= 4 is 17.4 Å². The number of hydrogen-bond acceptors (Lipinski definition) is 3. The van der Waals surface area contributed by atoms with Crippen molar-refractivity contribution in [2.24, 2.45) is 0 Å². The zero-order valence-corrected chi connectivity index (χ0v) is 9.76. The number of anilines is 1. The fourth-order valence-corrected chi connectivity index (χ4v) is 1.94. The molecule has 1 aromatic heterocycles. The molecule has 0 saturated heterocycles. The first-order valence-electron chi connectivity index (χ1n) is 4.80. The Morgan fingerprint density at radius 2 is 2.12 bits per heavy atom. The predicted octanol–water partition coefficient (Wildman–Crippen LogP) is 2.63. The number of H-pyrrole nitrogens is 1. The number of rotatable bonds is 1. The van der Waals surface area contributed by atoms with Gasteiger partial charge in [0, 0.05) is 11.1 Å². The zero-order valence-electron chi connectivity index (χ0n) is 9.00. The highest BCUT2D eigenvalue weighted by molar-refractivity contribution is 6.32. The molecule has 0 saturated carbocycles. The SMILES string of the molecule is Cc1cc(Cl)c(O)c(-c2cn[nH]c2N)c1C. The van der Waals surface area contributed by atoms with Gasteiger partial charge in [-0.15, -0.1) is 0 Å². The maximum Gasteiger partial charge on any atom is 0.142 e. The Labute approximate surface area is 98.1 Å². The summed E-state index contributed by atoms with van der Waals surface area (Å²) in [5, 5.41) is 16.8. The lowest BCUT2D eigenvalue weighted by molar-refractivity contribution is 0.477. The molecule has 4 nitrogen and oxygen atoms in total. The molecule has 0 unspecified atom stereocenters. The number of nitrogens with one attached hydrogen (secondary N) is 1. The topological polar surface area (TPSA) is 74.9 Å². The highest BCUT2D eigenvalue weighted by Gasteiger charge is 2.16. The monoisotopic (exact) mass is 237 g/mol. The van der Waals surface area contributed by atoms with Crippen LogP contribution in [-0.2, 0) is 0 Å². The molecule has 0 spiro atoms. The van der Waals surface area contributed by atoms with E-state index >= 15 is 0 Å². The lowest BCUT2D eigenvalue weighted by atomic mass is 9.97. The molecule has 0 aliphatic carbocycles. The number of nitrogens with zero attached hydrogens (tertiary/aromatic N) is 1. The van der Waals surface area contributed by atoms with Crippen LogP contribution in [-0.4, -0.2) is 15.3 Å². The third kappa shape index (κ3) is 1.51. The number of aromatic hydroxyl groups is 1. The summed E-state index contributed by atoms with van der Waals surface area (Å²) in [6.45, 7) is 3.84. The molecule has 84 valence electrons. The summed E-state index contributed by atoms with van der Waals surface area (Å²) in [7, 11) is 0. The van der Waals surface area contributed by atoms with Gasteiger partial charge in [0.05, 0.1) is 11.2 Å². The lowest BCUT2D eigenvalue weighted by Gasteiger charge is -2.11. The second kappa shape index (κ2) is 3.72. The molecule has 2 rings (SSSR count). The van der Waals surface area contributed by atoms with Crippen molar-refractivity contribution in [3.8, 4) is 16.9 Å². The Bertz CT molecular complexity index is 522. The number of halogens is 1. The molecule has 0 aliphatic heterocycles. The molecule has 5 heteroatoms. The summed E-state index contributed by atoms with van der Waals surface area (Å²) < 4.78 is 0. The van der Waals surface area contributed by atoms with Gasteiger partial charge in [0.25, 0.3) is 0 Å². The van der Waals surface area contributed by atoms with Crippen molar-refractivity contribution in [2.45, 2.75) is 13.8 Å². The smallest absolute Gasteiger partial charge is 0.142 e. The average molecular weight is 238 g/mol. The van der Waals surface area contributed by atoms with Crippen LogP contribution in [0.15, 0.2) is 12.3 Å². The Morgan fingerprint density at radius 1 is 1.44 bits per heavy atom. The molecule has 0 bridgehead atoms. The van der Waals surface area contributed by atoms with E-state index in [1.807, 2.05) is 13.8 Å². The minimum atomic E-state index is 0.0397. The van der Waals surface area contributed by atoms with Crippen LogP contribution in [0.3, 0.4) is 0 Å². The third-order valence-corrected chi connectivity index (χ3v) is 3.00. The van der Waals surface area contributed by atoms with E-state index in [2.05, 4.69) is 10.2 Å². The van der Waals surface area contributed by atoms with E-state index < -0.39 is 0 Å². The standard InChI is InChI=1S/C11H12ClN3O/c1-5-3-8(12)10(16)9(6(5)2)7-4-14-15-11(7)13/h3-4,16H,1-2H3,(H3,13,14,15). The zero-order chi connectivity index (χ0) is 11.9. The number of aromatic nitrogens is 2. The maximum absolute atomic E-state index is 9.97. The number of aryl methyl sites for hydroxylation is 1. The van der Waals surface area contributed by atoms with E-state index in [1.54, 1.807) is 12.3 Å². The molecule has 16 heavy (non-hydrogen) atoms. The predicted molar refractivity (Wildman–Crippen MR) is 64.6 cm³/mol. The minimum Gasteiger partial charge on any atom is -0.506 e. The number of phenolic OH excluding ortho intramolecular Hbond substituents is 1. The third-order valence-electron chi connectivity index (χ3n) is 2.71. The van der Waals surface area contributed by atoms with Gasteiger partial charge in [-0.3, -0.25) is 5.10 Å². The molecule has 0 amide bonds. The highest BCUT2D eigenvalue weighted by atomic mass is 35.5. The Kier molecular flexibility index (Phi) is 2.52. The number of phenols is 1. The van der Waals surface area contributed by atoms with Crippen LogP contribution in [0.1, 0.15) is 11.1 Å². The minimum absolute atomic E-state index is 0.0397. The van der Waals surface area contributed by atoms with Crippen molar-refractivity contribution in [1.82, 2.24) is 10.2 Å². The van der Waals surface area contributed by atoms with Crippen molar-refractivity contribution < 1.29 is 5.11 Å². The van der Waals surface area contributed by atoms with Gasteiger partial charge in [-0.1, -0.05) is 11.6 Å². The van der Waals surface area contributed by atoms with Crippen LogP contribution < -0.4 is 5.73 Å². The lowest BCUT2D eigenvalue weighted by Crippen LogP contribution is -1.93. The van der Waals surface area contributed by atoms with E-state index in [0.29, 0.717) is 22.0 Å². The van der Waals surface area contributed by atoms with Crippen LogP contribution in [0.2, 0.25) is 5.02 Å². The molecule has 0 atom stereocenters. The normalized spacial score (nSPS) is 10.7. The van der Waals surface area contributed by atoms with Gasteiger partial charge >= 0.3 is 0 Å². The number of benzene rings is 1. The second-order valence-corrected chi connectivity index (χ2v) is 4.13. The fraction of sp³-hybridized carbons (Fsp3) is 0.182. The summed E-state index contributed by atoms with van der Waals surface area (Å²) in [6, 6.07) is 1.73. The van der Waals surface area contributed by atoms with E-state index in [1.165, 1.54) is 0 Å². The molecule has 0 fully saturated rings. The number of aromatic amines is 1. The largest absolute Gasteiger partial charge is 0.506 e. The van der Waals surface area contributed by atoms with Gasteiger partial charge in [-0.05, 0) is 31.0 Å². The van der Waals surface area contributed by atoms with Gasteiger partial charge in [0.15, 0.2) is 0 Å². The van der Waals surface area contributed by atoms with E-state index in [9.17, 15) is 5.11 Å². The first-order valence-corrected chi connectivity index (χ1v) is 5.18. The first-order chi connectivity index (χ1) is 7.52.